The molecule has 0 spiro atoms. The third kappa shape index (κ3) is 3.70. The molecule has 0 radical (unpaired) electrons. The average Bonchev–Trinajstić information content (AvgIpc) is 2.76. The van der Waals surface area contributed by atoms with E-state index in [2.05, 4.69) is 34.9 Å². The first-order valence-electron chi connectivity index (χ1n) is 7.53. The molecule has 2 rings (SSSR count). The van der Waals surface area contributed by atoms with Gasteiger partial charge in [0.25, 0.3) is 0 Å². The summed E-state index contributed by atoms with van der Waals surface area (Å²) in [6.45, 7) is 5.72. The number of halogens is 1. The molecule has 1 aliphatic heterocycles. The average molecular weight is 343 g/mol. The first kappa shape index (κ1) is 15.7. The number of hydrogen-bond donors (Lipinski definition) is 0. The molecule has 1 unspecified atom stereocenters. The first-order valence-corrected chi connectivity index (χ1v) is 8.32. The highest BCUT2D eigenvalue weighted by Crippen LogP contribution is 2.24. The largest absolute Gasteiger partial charge is 0.378 e. The molecule has 0 aliphatic carbocycles. The van der Waals surface area contributed by atoms with Crippen molar-refractivity contribution in [2.45, 2.75) is 65.0 Å². The van der Waals surface area contributed by atoms with Gasteiger partial charge in [-0.1, -0.05) is 6.92 Å². The zero-order valence-corrected chi connectivity index (χ0v) is 13.9. The van der Waals surface area contributed by atoms with Gasteiger partial charge in [0.05, 0.1) is 22.0 Å². The molecule has 0 N–H and O–H groups in total. The highest BCUT2D eigenvalue weighted by molar-refractivity contribution is 9.10. The van der Waals surface area contributed by atoms with E-state index >= 15 is 0 Å². The Bertz CT molecular complexity index is 465. The first-order chi connectivity index (χ1) is 9.65. The van der Waals surface area contributed by atoms with Crippen molar-refractivity contribution in [3.05, 3.63) is 15.9 Å². The minimum absolute atomic E-state index is 0.124. The van der Waals surface area contributed by atoms with E-state index in [0.29, 0.717) is 12.8 Å². The monoisotopic (exact) mass is 342 g/mol. The van der Waals surface area contributed by atoms with Crippen molar-refractivity contribution in [2.75, 3.05) is 6.61 Å². The number of carbonyl (C=O) groups is 1. The maximum Gasteiger partial charge on any atom is 0.141 e. The van der Waals surface area contributed by atoms with Crippen LogP contribution in [0.1, 0.15) is 50.9 Å². The van der Waals surface area contributed by atoms with Crippen LogP contribution in [0, 0.1) is 0 Å². The van der Waals surface area contributed by atoms with Crippen molar-refractivity contribution in [1.82, 2.24) is 9.78 Å². The third-order valence-electron chi connectivity index (χ3n) is 3.79. The number of hydrogen-bond acceptors (Lipinski definition) is 3. The SMILES string of the molecule is CCc1nn(CC)c(CC(=O)CC2CCCCO2)c1Br. The number of aryl methyl sites for hydroxylation is 2. The lowest BCUT2D eigenvalue weighted by atomic mass is 10.0. The third-order valence-corrected chi connectivity index (χ3v) is 4.70. The van der Waals surface area contributed by atoms with Crippen LogP contribution in [0.15, 0.2) is 4.47 Å². The predicted molar refractivity (Wildman–Crippen MR) is 81.9 cm³/mol. The summed E-state index contributed by atoms with van der Waals surface area (Å²) in [6.07, 6.45) is 5.29. The van der Waals surface area contributed by atoms with E-state index in [1.165, 1.54) is 6.42 Å². The van der Waals surface area contributed by atoms with Gasteiger partial charge in [0, 0.05) is 26.0 Å². The molecular formula is C15H23BrN2O2. The number of nitrogens with zero attached hydrogens (tertiary/aromatic N) is 2. The van der Waals surface area contributed by atoms with E-state index in [-0.39, 0.29) is 11.9 Å². The van der Waals surface area contributed by atoms with Gasteiger partial charge in [-0.05, 0) is 48.5 Å². The minimum atomic E-state index is 0.124. The van der Waals surface area contributed by atoms with E-state index in [4.69, 9.17) is 4.74 Å². The molecule has 4 nitrogen and oxygen atoms in total. The van der Waals surface area contributed by atoms with E-state index in [1.807, 2.05) is 4.68 Å². The molecule has 20 heavy (non-hydrogen) atoms. The second-order valence-electron chi connectivity index (χ2n) is 5.28. The van der Waals surface area contributed by atoms with Crippen LogP contribution in [0.4, 0.5) is 0 Å². The van der Waals surface area contributed by atoms with Crippen molar-refractivity contribution < 1.29 is 9.53 Å². The number of Topliss-reactive ketones (excluding diaryl/α,β-unsaturated/α-hetero) is 1. The van der Waals surface area contributed by atoms with Crippen LogP contribution in [-0.4, -0.2) is 28.3 Å². The number of carbonyl (C=O) groups excluding carboxylic acids is 1. The Labute approximate surface area is 129 Å². The molecule has 1 atom stereocenters. The summed E-state index contributed by atoms with van der Waals surface area (Å²) in [5, 5.41) is 4.53. The molecule has 1 fully saturated rings. The van der Waals surface area contributed by atoms with Crippen molar-refractivity contribution in [1.29, 1.82) is 0 Å². The van der Waals surface area contributed by atoms with Gasteiger partial charge in [-0.25, -0.2) is 0 Å². The number of ether oxygens (including phenoxy) is 1. The Morgan fingerprint density at radius 2 is 2.25 bits per heavy atom. The van der Waals surface area contributed by atoms with Crippen LogP contribution in [0.25, 0.3) is 0 Å². The van der Waals surface area contributed by atoms with E-state index in [1.54, 1.807) is 0 Å². The Morgan fingerprint density at radius 1 is 1.45 bits per heavy atom. The molecule has 0 saturated carbocycles. The molecule has 0 aromatic carbocycles. The zero-order chi connectivity index (χ0) is 14.5. The Balaban J connectivity index is 2.01. The molecule has 1 saturated heterocycles. The van der Waals surface area contributed by atoms with Gasteiger partial charge in [0.2, 0.25) is 0 Å². The second kappa shape index (κ2) is 7.36. The number of ketones is 1. The van der Waals surface area contributed by atoms with E-state index in [9.17, 15) is 4.79 Å². The lowest BCUT2D eigenvalue weighted by molar-refractivity contribution is -0.122. The maximum atomic E-state index is 12.3. The van der Waals surface area contributed by atoms with Crippen LogP contribution in [0.3, 0.4) is 0 Å². The van der Waals surface area contributed by atoms with Gasteiger partial charge in [-0.3, -0.25) is 9.48 Å². The molecule has 2 heterocycles. The standard InChI is InChI=1S/C15H23BrN2O2/c1-3-13-15(16)14(18(4-2)17-13)10-11(19)9-12-7-5-6-8-20-12/h12H,3-10H2,1-2H3. The predicted octanol–water partition coefficient (Wildman–Crippen LogP) is 3.30. The maximum absolute atomic E-state index is 12.3. The van der Waals surface area contributed by atoms with Crippen LogP contribution in [0.5, 0.6) is 0 Å². The van der Waals surface area contributed by atoms with E-state index in [0.717, 1.165) is 48.3 Å². The lowest BCUT2D eigenvalue weighted by Crippen LogP contribution is -2.23. The molecule has 112 valence electrons. The number of rotatable bonds is 6. The second-order valence-corrected chi connectivity index (χ2v) is 6.08. The highest BCUT2D eigenvalue weighted by atomic mass is 79.9. The quantitative estimate of drug-likeness (QED) is 0.796. The molecule has 0 bridgehead atoms. The Hall–Kier alpha value is -0.680. The fraction of sp³-hybridized carbons (Fsp3) is 0.733. The molecule has 1 aromatic heterocycles. The molecular weight excluding hydrogens is 320 g/mol. The van der Waals surface area contributed by atoms with Crippen molar-refractivity contribution in [2.24, 2.45) is 0 Å². The van der Waals surface area contributed by atoms with Crippen LogP contribution in [-0.2, 0) is 28.9 Å². The summed E-state index contributed by atoms with van der Waals surface area (Å²) in [4.78, 5) is 12.3. The molecule has 1 aliphatic rings. The fourth-order valence-corrected chi connectivity index (χ4v) is 3.37. The van der Waals surface area contributed by atoms with Crippen LogP contribution >= 0.6 is 15.9 Å². The van der Waals surface area contributed by atoms with Crippen molar-refractivity contribution in [3.63, 3.8) is 0 Å². The Morgan fingerprint density at radius 3 is 2.85 bits per heavy atom. The van der Waals surface area contributed by atoms with Gasteiger partial charge in [0.15, 0.2) is 0 Å². The van der Waals surface area contributed by atoms with Gasteiger partial charge in [-0.15, -0.1) is 0 Å². The lowest BCUT2D eigenvalue weighted by Gasteiger charge is -2.21. The highest BCUT2D eigenvalue weighted by Gasteiger charge is 2.21. The number of aromatic nitrogens is 2. The Kier molecular flexibility index (Phi) is 5.78. The van der Waals surface area contributed by atoms with Gasteiger partial charge >= 0.3 is 0 Å². The van der Waals surface area contributed by atoms with Crippen LogP contribution in [0.2, 0.25) is 0 Å². The summed E-state index contributed by atoms with van der Waals surface area (Å²) in [5.41, 5.74) is 2.04. The summed E-state index contributed by atoms with van der Waals surface area (Å²) < 4.78 is 8.58. The molecule has 1 aromatic rings. The van der Waals surface area contributed by atoms with Crippen molar-refractivity contribution >= 4 is 21.7 Å². The summed E-state index contributed by atoms with van der Waals surface area (Å²) in [6, 6.07) is 0. The van der Waals surface area contributed by atoms with Gasteiger partial charge in [0.1, 0.15) is 5.78 Å². The molecule has 0 amide bonds. The normalized spacial score (nSPS) is 19.2. The van der Waals surface area contributed by atoms with Crippen LogP contribution < -0.4 is 0 Å². The smallest absolute Gasteiger partial charge is 0.141 e. The fourth-order valence-electron chi connectivity index (χ4n) is 2.67. The van der Waals surface area contributed by atoms with Gasteiger partial charge in [-0.2, -0.15) is 5.10 Å². The van der Waals surface area contributed by atoms with Gasteiger partial charge < -0.3 is 4.74 Å². The summed E-state index contributed by atoms with van der Waals surface area (Å²) in [5.74, 6) is 0.245. The van der Waals surface area contributed by atoms with Crippen molar-refractivity contribution in [3.8, 4) is 0 Å². The topological polar surface area (TPSA) is 44.1 Å². The zero-order valence-electron chi connectivity index (χ0n) is 12.3. The molecule has 5 heteroatoms. The minimum Gasteiger partial charge on any atom is -0.378 e. The summed E-state index contributed by atoms with van der Waals surface area (Å²) >= 11 is 3.59. The van der Waals surface area contributed by atoms with E-state index < -0.39 is 0 Å². The summed E-state index contributed by atoms with van der Waals surface area (Å²) in [7, 11) is 0.